The van der Waals surface area contributed by atoms with E-state index in [0.717, 1.165) is 61.4 Å². The van der Waals surface area contributed by atoms with Crippen molar-refractivity contribution in [2.75, 3.05) is 18.4 Å². The Morgan fingerprint density at radius 2 is 2.00 bits per heavy atom. The zero-order valence-corrected chi connectivity index (χ0v) is 16.0. The number of aromatic nitrogens is 3. The van der Waals surface area contributed by atoms with Gasteiger partial charge in [0.1, 0.15) is 0 Å². The highest BCUT2D eigenvalue weighted by atomic mass is 16.2. The van der Waals surface area contributed by atoms with E-state index in [1.807, 2.05) is 31.0 Å². The van der Waals surface area contributed by atoms with E-state index in [1.165, 1.54) is 6.42 Å². The van der Waals surface area contributed by atoms with Crippen LogP contribution in [0.25, 0.3) is 11.4 Å². The van der Waals surface area contributed by atoms with E-state index in [9.17, 15) is 9.59 Å². The molecule has 144 valence electrons. The minimum Gasteiger partial charge on any atom is -0.345 e. The van der Waals surface area contributed by atoms with E-state index in [2.05, 4.69) is 20.1 Å². The molecule has 2 amide bonds. The Morgan fingerprint density at radius 1 is 1.22 bits per heavy atom. The van der Waals surface area contributed by atoms with Crippen molar-refractivity contribution in [1.82, 2.24) is 19.7 Å². The van der Waals surface area contributed by atoms with Gasteiger partial charge in [0.2, 0.25) is 5.91 Å². The number of fused-ring (bicyclic) bond motifs is 3. The Labute approximate surface area is 159 Å². The topological polar surface area (TPSA) is 83.0 Å². The molecular formula is C20H27N5O2. The summed E-state index contributed by atoms with van der Waals surface area (Å²) in [6.45, 7) is 6.52. The lowest BCUT2D eigenvalue weighted by Gasteiger charge is -2.26. The van der Waals surface area contributed by atoms with Crippen molar-refractivity contribution in [2.24, 2.45) is 5.92 Å². The Bertz CT molecular complexity index is 858. The average Bonchev–Trinajstić information content (AvgIpc) is 3.25. The van der Waals surface area contributed by atoms with Crippen LogP contribution < -0.4 is 5.32 Å². The summed E-state index contributed by atoms with van der Waals surface area (Å²) in [5.74, 6) is 1.02. The first-order valence-electron chi connectivity index (χ1n) is 9.90. The molecule has 2 aliphatic heterocycles. The second kappa shape index (κ2) is 7.21. The highest BCUT2D eigenvalue weighted by Gasteiger charge is 2.26. The van der Waals surface area contributed by atoms with Gasteiger partial charge in [-0.05, 0) is 37.7 Å². The van der Waals surface area contributed by atoms with Gasteiger partial charge in [0.05, 0.1) is 17.0 Å². The molecule has 2 aliphatic rings. The molecule has 0 bridgehead atoms. The molecule has 7 heteroatoms. The molecule has 0 spiro atoms. The lowest BCUT2D eigenvalue weighted by Crippen LogP contribution is -2.35. The van der Waals surface area contributed by atoms with Gasteiger partial charge in [-0.3, -0.25) is 14.7 Å². The van der Waals surface area contributed by atoms with Gasteiger partial charge < -0.3 is 14.8 Å². The molecule has 27 heavy (non-hydrogen) atoms. The van der Waals surface area contributed by atoms with Gasteiger partial charge in [-0.15, -0.1) is 0 Å². The van der Waals surface area contributed by atoms with Crippen molar-refractivity contribution in [3.63, 3.8) is 0 Å². The fraction of sp³-hybridized carbons (Fsp3) is 0.550. The number of likely N-dealkylation sites (tertiary alicyclic amines) is 1. The summed E-state index contributed by atoms with van der Waals surface area (Å²) >= 11 is 0. The van der Waals surface area contributed by atoms with Crippen LogP contribution in [0.1, 0.15) is 55.5 Å². The van der Waals surface area contributed by atoms with E-state index in [4.69, 9.17) is 0 Å². The van der Waals surface area contributed by atoms with Gasteiger partial charge in [-0.1, -0.05) is 13.8 Å². The van der Waals surface area contributed by atoms with Crippen LogP contribution in [-0.2, 0) is 17.8 Å². The maximum absolute atomic E-state index is 12.8. The van der Waals surface area contributed by atoms with E-state index >= 15 is 0 Å². The van der Waals surface area contributed by atoms with Crippen molar-refractivity contribution >= 4 is 17.6 Å². The zero-order chi connectivity index (χ0) is 19.0. The summed E-state index contributed by atoms with van der Waals surface area (Å²) in [4.78, 5) is 26.9. The molecule has 2 N–H and O–H groups in total. The smallest absolute Gasteiger partial charge is 0.255 e. The number of nitrogens with one attached hydrogen (secondary N) is 2. The van der Waals surface area contributed by atoms with Crippen LogP contribution >= 0.6 is 0 Å². The number of aromatic amines is 1. The van der Waals surface area contributed by atoms with Crippen LogP contribution in [-0.4, -0.2) is 44.6 Å². The Morgan fingerprint density at radius 3 is 2.74 bits per heavy atom. The van der Waals surface area contributed by atoms with Crippen LogP contribution in [0.15, 0.2) is 12.3 Å². The fourth-order valence-electron chi connectivity index (χ4n) is 4.01. The molecule has 0 atom stereocenters. The Hall–Kier alpha value is -2.57. The van der Waals surface area contributed by atoms with Gasteiger partial charge in [0.25, 0.3) is 5.91 Å². The predicted molar refractivity (Wildman–Crippen MR) is 104 cm³/mol. The van der Waals surface area contributed by atoms with Gasteiger partial charge in [-0.2, -0.15) is 5.10 Å². The van der Waals surface area contributed by atoms with Crippen molar-refractivity contribution in [3.05, 3.63) is 23.4 Å². The van der Waals surface area contributed by atoms with Gasteiger partial charge >= 0.3 is 0 Å². The summed E-state index contributed by atoms with van der Waals surface area (Å²) in [7, 11) is 0. The van der Waals surface area contributed by atoms with Crippen LogP contribution in [0, 0.1) is 5.92 Å². The number of hydrogen-bond donors (Lipinski definition) is 2. The second-order valence-corrected chi connectivity index (χ2v) is 7.98. The van der Waals surface area contributed by atoms with Crippen LogP contribution in [0.5, 0.6) is 0 Å². The third-order valence-corrected chi connectivity index (χ3v) is 5.36. The van der Waals surface area contributed by atoms with E-state index < -0.39 is 0 Å². The molecule has 4 heterocycles. The number of piperidine rings is 1. The fourth-order valence-corrected chi connectivity index (χ4v) is 4.01. The zero-order valence-electron chi connectivity index (χ0n) is 16.0. The molecule has 1 fully saturated rings. The van der Waals surface area contributed by atoms with Crippen LogP contribution in [0.3, 0.4) is 0 Å². The second-order valence-electron chi connectivity index (χ2n) is 7.98. The van der Waals surface area contributed by atoms with E-state index in [0.29, 0.717) is 18.2 Å². The van der Waals surface area contributed by atoms with Crippen molar-refractivity contribution in [2.45, 2.75) is 52.5 Å². The van der Waals surface area contributed by atoms with Gasteiger partial charge in [0, 0.05) is 37.8 Å². The number of amides is 2. The van der Waals surface area contributed by atoms with Crippen molar-refractivity contribution in [1.29, 1.82) is 0 Å². The first-order valence-corrected chi connectivity index (χ1v) is 9.90. The molecule has 0 aromatic carbocycles. The predicted octanol–water partition coefficient (Wildman–Crippen LogP) is 3.05. The lowest BCUT2D eigenvalue weighted by atomic mass is 10.1. The summed E-state index contributed by atoms with van der Waals surface area (Å²) in [5, 5.41) is 10.3. The average molecular weight is 369 g/mol. The number of rotatable bonds is 4. The normalized spacial score (nSPS) is 16.2. The summed E-state index contributed by atoms with van der Waals surface area (Å²) in [6.07, 6.45) is 6.59. The number of nitrogens with zero attached hydrogens (tertiary/aromatic N) is 3. The molecule has 1 saturated heterocycles. The quantitative estimate of drug-likeness (QED) is 0.869. The lowest BCUT2D eigenvalue weighted by molar-refractivity contribution is -0.116. The standard InChI is InChI=1S/C20H27N5O2/c1-13(2)10-17(26)21-19-15-6-9-25-12-14(11-16(25)18(15)22-23-19)20(27)24-7-4-3-5-8-24/h11-13H,3-10H2,1-2H3,(H2,21,22,23,26). The minimum atomic E-state index is -0.0128. The highest BCUT2D eigenvalue weighted by molar-refractivity contribution is 5.96. The molecular weight excluding hydrogens is 342 g/mol. The number of H-pyrrole nitrogens is 1. The molecule has 0 radical (unpaired) electrons. The van der Waals surface area contributed by atoms with Crippen molar-refractivity contribution < 1.29 is 9.59 Å². The number of hydrogen-bond acceptors (Lipinski definition) is 3. The van der Waals surface area contributed by atoms with Crippen LogP contribution in [0.4, 0.5) is 5.82 Å². The Balaban J connectivity index is 1.56. The molecule has 7 nitrogen and oxygen atoms in total. The van der Waals surface area contributed by atoms with E-state index in [1.54, 1.807) is 0 Å². The molecule has 4 rings (SSSR count). The van der Waals surface area contributed by atoms with Crippen molar-refractivity contribution in [3.8, 4) is 11.4 Å². The summed E-state index contributed by atoms with van der Waals surface area (Å²) < 4.78 is 2.11. The molecule has 2 aromatic rings. The van der Waals surface area contributed by atoms with E-state index in [-0.39, 0.29) is 11.8 Å². The van der Waals surface area contributed by atoms with Gasteiger partial charge in [0.15, 0.2) is 5.82 Å². The summed E-state index contributed by atoms with van der Waals surface area (Å²) in [6, 6.07) is 1.95. The first-order chi connectivity index (χ1) is 13.0. The third kappa shape index (κ3) is 3.50. The molecule has 0 aliphatic carbocycles. The third-order valence-electron chi connectivity index (χ3n) is 5.36. The molecule has 2 aromatic heterocycles. The van der Waals surface area contributed by atoms with Gasteiger partial charge in [-0.25, -0.2) is 0 Å². The molecule has 0 unspecified atom stereocenters. The van der Waals surface area contributed by atoms with Crippen LogP contribution in [0.2, 0.25) is 0 Å². The minimum absolute atomic E-state index is 0.0128. The SMILES string of the molecule is CC(C)CC(=O)Nc1n[nH]c2c1CCn1cc(C(=O)N3CCCCC3)cc1-2. The molecule has 0 saturated carbocycles. The number of anilines is 1. The number of carbonyl (C=O) groups excluding carboxylic acids is 2. The number of aryl methyl sites for hydroxylation is 1. The highest BCUT2D eigenvalue weighted by Crippen LogP contribution is 2.34. The maximum Gasteiger partial charge on any atom is 0.255 e. The first kappa shape index (κ1) is 17.8. The Kier molecular flexibility index (Phi) is 4.76. The summed E-state index contributed by atoms with van der Waals surface area (Å²) in [5.41, 5.74) is 3.63. The monoisotopic (exact) mass is 369 g/mol. The maximum atomic E-state index is 12.8. The largest absolute Gasteiger partial charge is 0.345 e. The number of carbonyl (C=O) groups is 2.